The molecule has 28 heavy (non-hydrogen) atoms. The maximum atomic E-state index is 9.90. The molecule has 0 fully saturated rings. The second-order valence-electron chi connectivity index (χ2n) is 7.96. The average molecular weight is 380 g/mol. The number of quaternary nitrogens is 1. The number of H-pyrrole nitrogens is 1. The van der Waals surface area contributed by atoms with Crippen LogP contribution in [0.4, 0.5) is 5.82 Å². The number of aromatic amines is 1. The van der Waals surface area contributed by atoms with Crippen molar-refractivity contribution in [2.75, 3.05) is 32.5 Å². The zero-order valence-corrected chi connectivity index (χ0v) is 17.7. The molecular weight excluding hydrogens is 346 g/mol. The van der Waals surface area contributed by atoms with E-state index < -0.39 is 0 Å². The van der Waals surface area contributed by atoms with E-state index >= 15 is 0 Å². The number of aromatic nitrogens is 2. The zero-order valence-electron chi connectivity index (χ0n) is 17.7. The fourth-order valence-electron chi connectivity index (χ4n) is 3.95. The minimum atomic E-state index is 0.756. The topological polar surface area (TPSA) is 60.1 Å². The van der Waals surface area contributed by atoms with Crippen LogP contribution in [-0.4, -0.2) is 32.2 Å². The highest BCUT2D eigenvalue weighted by atomic mass is 15.1. The van der Waals surface area contributed by atoms with Crippen molar-refractivity contribution in [2.24, 2.45) is 0 Å². The number of benzene rings is 1. The third-order valence-electron chi connectivity index (χ3n) is 5.48. The van der Waals surface area contributed by atoms with Crippen LogP contribution in [0.1, 0.15) is 49.3 Å². The number of unbranched alkanes of at least 4 members (excludes halogenated alkanes) is 2. The maximum absolute atomic E-state index is 9.90. The van der Waals surface area contributed by atoms with E-state index in [-0.39, 0.29) is 0 Å². The number of para-hydroxylation sites is 2. The minimum Gasteiger partial charge on any atom is -0.340 e. The number of pyridine rings is 1. The van der Waals surface area contributed by atoms with E-state index in [9.17, 15) is 5.26 Å². The van der Waals surface area contributed by atoms with Crippen molar-refractivity contribution in [3.63, 3.8) is 0 Å². The van der Waals surface area contributed by atoms with Gasteiger partial charge in [-0.25, -0.2) is 0 Å². The summed E-state index contributed by atoms with van der Waals surface area (Å²) in [7, 11) is 4.38. The summed E-state index contributed by atoms with van der Waals surface area (Å²) in [5.41, 5.74) is 6.21. The van der Waals surface area contributed by atoms with E-state index in [2.05, 4.69) is 66.9 Å². The fourth-order valence-corrected chi connectivity index (χ4v) is 3.95. The fraction of sp³-hybridized carbons (Fsp3) is 0.478. The van der Waals surface area contributed by atoms with Gasteiger partial charge in [0.15, 0.2) is 0 Å². The Balaban J connectivity index is 2.15. The molecule has 0 aliphatic heterocycles. The molecule has 0 aliphatic rings. The highest BCUT2D eigenvalue weighted by molar-refractivity contribution is 5.78. The monoisotopic (exact) mass is 379 g/mol. The first-order chi connectivity index (χ1) is 13.6. The predicted octanol–water partition coefficient (Wildman–Crippen LogP) is 2.77. The molecule has 148 valence electrons. The van der Waals surface area contributed by atoms with E-state index in [0.29, 0.717) is 0 Å². The van der Waals surface area contributed by atoms with Crippen molar-refractivity contribution in [1.29, 1.82) is 5.26 Å². The Morgan fingerprint density at radius 2 is 1.96 bits per heavy atom. The van der Waals surface area contributed by atoms with Gasteiger partial charge < -0.3 is 10.2 Å². The lowest BCUT2D eigenvalue weighted by Crippen LogP contribution is -3.05. The van der Waals surface area contributed by atoms with Gasteiger partial charge in [0.2, 0.25) is 11.5 Å². The number of hydrogen-bond donors (Lipinski definition) is 3. The lowest BCUT2D eigenvalue weighted by Gasteiger charge is -2.14. The zero-order chi connectivity index (χ0) is 20.1. The van der Waals surface area contributed by atoms with Crippen LogP contribution in [0.3, 0.4) is 0 Å². The molecule has 3 N–H and O–H groups in total. The molecule has 0 radical (unpaired) electrons. The first-order valence-corrected chi connectivity index (χ1v) is 10.5. The summed E-state index contributed by atoms with van der Waals surface area (Å²) in [6.45, 7) is 6.39. The number of imidazole rings is 1. The summed E-state index contributed by atoms with van der Waals surface area (Å²) in [4.78, 5) is 4.94. The lowest BCUT2D eigenvalue weighted by atomic mass is 9.99. The van der Waals surface area contributed by atoms with E-state index in [1.807, 2.05) is 6.07 Å². The number of nitrogens with zero attached hydrogens (tertiary/aromatic N) is 2. The molecular formula is C23H33N5+2. The maximum Gasteiger partial charge on any atom is 0.250 e. The van der Waals surface area contributed by atoms with Crippen molar-refractivity contribution < 1.29 is 9.30 Å². The summed E-state index contributed by atoms with van der Waals surface area (Å²) in [6, 6.07) is 10.8. The molecule has 1 aromatic carbocycles. The minimum absolute atomic E-state index is 0.756. The second-order valence-corrected chi connectivity index (χ2v) is 7.96. The van der Waals surface area contributed by atoms with Crippen LogP contribution in [0.2, 0.25) is 0 Å². The smallest absolute Gasteiger partial charge is 0.250 e. The molecule has 0 saturated carbocycles. The van der Waals surface area contributed by atoms with Crippen molar-refractivity contribution >= 4 is 22.5 Å². The molecule has 2 heterocycles. The third-order valence-corrected chi connectivity index (χ3v) is 5.48. The quantitative estimate of drug-likeness (QED) is 0.395. The number of nitrogens with one attached hydrogen (secondary N) is 3. The van der Waals surface area contributed by atoms with Crippen LogP contribution >= 0.6 is 0 Å². The predicted molar refractivity (Wildman–Crippen MR) is 115 cm³/mol. The first-order valence-electron chi connectivity index (χ1n) is 10.5. The van der Waals surface area contributed by atoms with Crippen molar-refractivity contribution in [2.45, 2.75) is 46.0 Å². The van der Waals surface area contributed by atoms with Crippen molar-refractivity contribution in [1.82, 2.24) is 4.98 Å². The Morgan fingerprint density at radius 3 is 2.68 bits per heavy atom. The Bertz CT molecular complexity index is 994. The summed E-state index contributed by atoms with van der Waals surface area (Å²) in [5, 5.41) is 13.6. The van der Waals surface area contributed by atoms with Crippen LogP contribution < -0.4 is 14.6 Å². The Kier molecular flexibility index (Phi) is 6.53. The van der Waals surface area contributed by atoms with Crippen LogP contribution in [-0.2, 0) is 6.42 Å². The van der Waals surface area contributed by atoms with Gasteiger partial charge in [-0.3, -0.25) is 4.98 Å². The standard InChI is InChI=1S/C23H31N5/c1-5-6-7-11-18-17(2)19(16-24)23-26-20-12-8-9-13-21(20)28(23)22(18)25-14-10-15-27(3)4/h8-9,12-13H,5-7,10-11,14-15H2,1-4H3,(H,25,26)/p+2. The molecule has 0 unspecified atom stereocenters. The van der Waals surface area contributed by atoms with Gasteiger partial charge in [-0.2, -0.15) is 9.66 Å². The molecule has 2 aromatic heterocycles. The van der Waals surface area contributed by atoms with Crippen LogP contribution in [0.25, 0.3) is 16.7 Å². The lowest BCUT2D eigenvalue weighted by molar-refractivity contribution is -0.858. The van der Waals surface area contributed by atoms with Crippen molar-refractivity contribution in [3.8, 4) is 6.07 Å². The molecule has 3 aromatic rings. The van der Waals surface area contributed by atoms with Gasteiger partial charge in [-0.05, 0) is 37.5 Å². The number of rotatable bonds is 9. The van der Waals surface area contributed by atoms with E-state index in [1.54, 1.807) is 0 Å². The van der Waals surface area contributed by atoms with Crippen LogP contribution in [0, 0.1) is 18.3 Å². The highest BCUT2D eigenvalue weighted by Crippen LogP contribution is 2.27. The first kappa shape index (κ1) is 20.2. The Labute approximate surface area is 168 Å². The summed E-state index contributed by atoms with van der Waals surface area (Å²) < 4.78 is 2.23. The summed E-state index contributed by atoms with van der Waals surface area (Å²) >= 11 is 0. The molecule has 0 spiro atoms. The van der Waals surface area contributed by atoms with Crippen LogP contribution in [0.5, 0.6) is 0 Å². The highest BCUT2D eigenvalue weighted by Gasteiger charge is 2.25. The van der Waals surface area contributed by atoms with E-state index in [1.165, 1.54) is 23.3 Å². The molecule has 0 atom stereocenters. The Morgan fingerprint density at radius 1 is 1.18 bits per heavy atom. The van der Waals surface area contributed by atoms with E-state index in [0.717, 1.165) is 66.0 Å². The van der Waals surface area contributed by atoms with E-state index in [4.69, 9.17) is 0 Å². The molecule has 0 bridgehead atoms. The second kappa shape index (κ2) is 9.07. The molecule has 5 heteroatoms. The number of hydrogen-bond acceptors (Lipinski definition) is 2. The van der Waals surface area contributed by atoms with Gasteiger partial charge in [0.05, 0.1) is 27.2 Å². The number of anilines is 1. The Hall–Kier alpha value is -2.58. The van der Waals surface area contributed by atoms with Gasteiger partial charge in [0.1, 0.15) is 22.7 Å². The summed E-state index contributed by atoms with van der Waals surface area (Å²) in [5.74, 6) is 1.15. The third kappa shape index (κ3) is 3.98. The molecule has 0 saturated heterocycles. The number of fused-ring (bicyclic) bond motifs is 3. The summed E-state index contributed by atoms with van der Waals surface area (Å²) in [6.07, 6.45) is 5.66. The molecule has 5 nitrogen and oxygen atoms in total. The number of nitriles is 1. The molecule has 0 amide bonds. The van der Waals surface area contributed by atoms with Crippen LogP contribution in [0.15, 0.2) is 24.3 Å². The van der Waals surface area contributed by atoms with Gasteiger partial charge in [-0.15, -0.1) is 0 Å². The molecule has 3 rings (SSSR count). The van der Waals surface area contributed by atoms with Gasteiger partial charge >= 0.3 is 0 Å². The molecule has 0 aliphatic carbocycles. The normalized spacial score (nSPS) is 11.4. The van der Waals surface area contributed by atoms with Crippen molar-refractivity contribution in [3.05, 3.63) is 41.0 Å². The largest absolute Gasteiger partial charge is 0.340 e. The van der Waals surface area contributed by atoms with Gasteiger partial charge in [0.25, 0.3) is 0 Å². The van der Waals surface area contributed by atoms with Gasteiger partial charge in [-0.1, -0.05) is 31.9 Å². The average Bonchev–Trinajstić information content (AvgIpc) is 3.06. The SMILES string of the molecule is CCCCCc1c(C)c(C#N)c2[nH]c3ccccc3[n+]2c1NCCC[NH+](C)C. The van der Waals surface area contributed by atoms with Gasteiger partial charge in [0, 0.05) is 12.0 Å².